The molecule has 0 saturated carbocycles. The zero-order valence-electron chi connectivity index (χ0n) is 39.2. The Morgan fingerprint density at radius 2 is 0.667 bits per heavy atom. The van der Waals surface area contributed by atoms with Crippen LogP contribution >= 0.6 is 0 Å². The monoisotopic (exact) mass is 837 g/mol. The minimum Gasteiger partial charge on any atom is -0.462 e. The van der Waals surface area contributed by atoms with E-state index < -0.39 is 6.10 Å². The number of hydrogen-bond acceptors (Lipinski definition) is 6. The van der Waals surface area contributed by atoms with E-state index in [1.54, 1.807) is 0 Å². The predicted molar refractivity (Wildman–Crippen MR) is 256 cm³/mol. The number of rotatable bonds is 44. The van der Waals surface area contributed by atoms with Crippen LogP contribution in [0.25, 0.3) is 0 Å². The molecular formula is C54H92O6. The summed E-state index contributed by atoms with van der Waals surface area (Å²) in [6, 6.07) is 0. The van der Waals surface area contributed by atoms with Crippen LogP contribution in [0.4, 0.5) is 0 Å². The highest BCUT2D eigenvalue weighted by Crippen LogP contribution is 2.14. The van der Waals surface area contributed by atoms with Crippen LogP contribution in [0.2, 0.25) is 0 Å². The third kappa shape index (κ3) is 45.9. The van der Waals surface area contributed by atoms with Gasteiger partial charge in [0.1, 0.15) is 13.2 Å². The summed E-state index contributed by atoms with van der Waals surface area (Å²) in [5.41, 5.74) is 0. The summed E-state index contributed by atoms with van der Waals surface area (Å²) in [5, 5.41) is 0. The number of ether oxygens (including phenoxy) is 3. The Kier molecular flexibility index (Phi) is 46.0. The fourth-order valence-electron chi connectivity index (χ4n) is 6.71. The molecule has 1 unspecified atom stereocenters. The van der Waals surface area contributed by atoms with E-state index in [9.17, 15) is 14.4 Å². The fraction of sp³-hybridized carbons (Fsp3) is 0.722. The molecule has 6 nitrogen and oxygen atoms in total. The summed E-state index contributed by atoms with van der Waals surface area (Å²) in [6.07, 6.45) is 60.6. The highest BCUT2D eigenvalue weighted by molar-refractivity contribution is 5.71. The molecule has 0 fully saturated rings. The molecule has 0 bridgehead atoms. The lowest BCUT2D eigenvalue weighted by Gasteiger charge is -2.18. The number of hydrogen-bond donors (Lipinski definition) is 0. The summed E-state index contributed by atoms with van der Waals surface area (Å²) in [6.45, 7) is 6.41. The summed E-state index contributed by atoms with van der Waals surface area (Å²) in [4.78, 5) is 37.7. The summed E-state index contributed by atoms with van der Waals surface area (Å²) < 4.78 is 16.6. The van der Waals surface area contributed by atoms with E-state index in [1.165, 1.54) is 109 Å². The number of carbonyl (C=O) groups is 3. The molecule has 0 aliphatic heterocycles. The molecule has 0 radical (unpaired) electrons. The molecule has 0 N–H and O–H groups in total. The molecule has 60 heavy (non-hydrogen) atoms. The van der Waals surface area contributed by atoms with Crippen LogP contribution in [0.3, 0.4) is 0 Å². The van der Waals surface area contributed by atoms with Gasteiger partial charge in [-0.15, -0.1) is 0 Å². The summed E-state index contributed by atoms with van der Waals surface area (Å²) in [7, 11) is 0. The Bertz CT molecular complexity index is 1140. The predicted octanol–water partition coefficient (Wildman–Crippen LogP) is 16.3. The average molecular weight is 837 g/mol. The molecule has 0 aliphatic carbocycles. The first-order valence-corrected chi connectivity index (χ1v) is 24.9. The molecule has 0 aromatic rings. The molecule has 0 spiro atoms. The van der Waals surface area contributed by atoms with Crippen molar-refractivity contribution in [3.8, 4) is 0 Å². The van der Waals surface area contributed by atoms with E-state index in [0.29, 0.717) is 19.3 Å². The number of unbranched alkanes of at least 4 members (excludes halogenated alkanes) is 21. The quantitative estimate of drug-likeness (QED) is 0.0263. The molecule has 6 heteroatoms. The maximum Gasteiger partial charge on any atom is 0.306 e. The minimum atomic E-state index is -0.801. The first-order chi connectivity index (χ1) is 29.5. The molecular weight excluding hydrogens is 745 g/mol. The third-order valence-corrected chi connectivity index (χ3v) is 10.4. The molecule has 1 atom stereocenters. The van der Waals surface area contributed by atoms with Gasteiger partial charge in [-0.25, -0.2) is 0 Å². The van der Waals surface area contributed by atoms with Gasteiger partial charge in [0.2, 0.25) is 0 Å². The lowest BCUT2D eigenvalue weighted by Crippen LogP contribution is -2.30. The zero-order chi connectivity index (χ0) is 43.7. The maximum atomic E-state index is 12.7. The van der Waals surface area contributed by atoms with Gasteiger partial charge in [-0.1, -0.05) is 203 Å². The second-order valence-electron chi connectivity index (χ2n) is 16.3. The lowest BCUT2D eigenvalue weighted by atomic mass is 10.1. The molecule has 0 aromatic carbocycles. The van der Waals surface area contributed by atoms with E-state index in [1.807, 2.05) is 0 Å². The lowest BCUT2D eigenvalue weighted by molar-refractivity contribution is -0.167. The molecule has 0 heterocycles. The van der Waals surface area contributed by atoms with Crippen molar-refractivity contribution in [1.29, 1.82) is 0 Å². The van der Waals surface area contributed by atoms with Crippen LogP contribution in [0, 0.1) is 0 Å². The molecule has 0 aromatic heterocycles. The van der Waals surface area contributed by atoms with Crippen LogP contribution in [-0.2, 0) is 28.6 Å². The Balaban J connectivity index is 4.31. The largest absolute Gasteiger partial charge is 0.462 e. The van der Waals surface area contributed by atoms with Crippen LogP contribution in [0.1, 0.15) is 233 Å². The van der Waals surface area contributed by atoms with Gasteiger partial charge >= 0.3 is 17.9 Å². The molecule has 0 amide bonds. The van der Waals surface area contributed by atoms with E-state index in [-0.39, 0.29) is 37.5 Å². The van der Waals surface area contributed by atoms with E-state index in [0.717, 1.165) is 77.0 Å². The van der Waals surface area contributed by atoms with Crippen molar-refractivity contribution in [1.82, 2.24) is 0 Å². The van der Waals surface area contributed by atoms with Crippen LogP contribution in [0.15, 0.2) is 72.9 Å². The van der Waals surface area contributed by atoms with Gasteiger partial charge in [0, 0.05) is 19.3 Å². The number of esters is 3. The van der Waals surface area contributed by atoms with E-state index >= 15 is 0 Å². The van der Waals surface area contributed by atoms with Crippen molar-refractivity contribution in [2.75, 3.05) is 13.2 Å². The Morgan fingerprint density at radius 3 is 1.08 bits per heavy atom. The highest BCUT2D eigenvalue weighted by Gasteiger charge is 2.19. The van der Waals surface area contributed by atoms with Crippen molar-refractivity contribution in [3.05, 3.63) is 72.9 Å². The summed E-state index contributed by atoms with van der Waals surface area (Å²) >= 11 is 0. The van der Waals surface area contributed by atoms with Crippen molar-refractivity contribution in [3.63, 3.8) is 0 Å². The van der Waals surface area contributed by atoms with Gasteiger partial charge < -0.3 is 14.2 Å². The van der Waals surface area contributed by atoms with Crippen LogP contribution in [0.5, 0.6) is 0 Å². The van der Waals surface area contributed by atoms with Gasteiger partial charge in [-0.3, -0.25) is 14.4 Å². The maximum absolute atomic E-state index is 12.7. The first-order valence-electron chi connectivity index (χ1n) is 24.9. The zero-order valence-corrected chi connectivity index (χ0v) is 39.2. The number of allylic oxidation sites excluding steroid dienone is 12. The fourth-order valence-corrected chi connectivity index (χ4v) is 6.71. The van der Waals surface area contributed by atoms with Crippen LogP contribution < -0.4 is 0 Å². The van der Waals surface area contributed by atoms with Crippen molar-refractivity contribution < 1.29 is 28.6 Å². The van der Waals surface area contributed by atoms with E-state index in [4.69, 9.17) is 14.2 Å². The Morgan fingerprint density at radius 1 is 0.350 bits per heavy atom. The molecule has 344 valence electrons. The van der Waals surface area contributed by atoms with Gasteiger partial charge in [-0.2, -0.15) is 0 Å². The first kappa shape index (κ1) is 56.9. The van der Waals surface area contributed by atoms with Gasteiger partial charge in [0.05, 0.1) is 0 Å². The Hall–Kier alpha value is -3.15. The second kappa shape index (κ2) is 48.5. The van der Waals surface area contributed by atoms with Gasteiger partial charge in [0.15, 0.2) is 6.10 Å². The van der Waals surface area contributed by atoms with Gasteiger partial charge in [0.25, 0.3) is 0 Å². The topological polar surface area (TPSA) is 78.9 Å². The van der Waals surface area contributed by atoms with Gasteiger partial charge in [-0.05, 0) is 83.5 Å². The molecule has 0 aliphatic rings. The highest BCUT2D eigenvalue weighted by atomic mass is 16.6. The Labute approximate surface area is 370 Å². The minimum absolute atomic E-state index is 0.0987. The van der Waals surface area contributed by atoms with Crippen molar-refractivity contribution in [2.45, 2.75) is 239 Å². The van der Waals surface area contributed by atoms with Crippen LogP contribution in [-0.4, -0.2) is 37.2 Å². The standard InChI is InChI=1S/C54H92O6/c1-4-7-10-13-16-18-20-22-24-26-27-29-30-32-34-36-38-41-44-47-53(56)59-50-51(49-58-52(55)46-43-40-15-12-9-6-3)60-54(57)48-45-42-39-37-35-33-31-28-25-23-21-19-17-14-11-8-5-2/h8,11,17,19,22-25,31,33,37,39,51H,4-7,9-10,12-16,18,20-21,26-30,32,34-36,38,40-50H2,1-3H3/b11-8-,19-17-,24-22-,25-23-,33-31-,39-37-. The van der Waals surface area contributed by atoms with Crippen molar-refractivity contribution >= 4 is 17.9 Å². The molecule has 0 rings (SSSR count). The average Bonchev–Trinajstić information content (AvgIpc) is 3.24. The number of carbonyl (C=O) groups excluding carboxylic acids is 3. The second-order valence-corrected chi connectivity index (χ2v) is 16.3. The van der Waals surface area contributed by atoms with E-state index in [2.05, 4.69) is 93.7 Å². The normalized spacial score (nSPS) is 12.7. The molecule has 0 saturated heterocycles. The third-order valence-electron chi connectivity index (χ3n) is 10.4. The van der Waals surface area contributed by atoms with Crippen molar-refractivity contribution in [2.24, 2.45) is 0 Å². The smallest absolute Gasteiger partial charge is 0.306 e. The summed E-state index contributed by atoms with van der Waals surface area (Å²) in [5.74, 6) is -0.970. The SMILES string of the molecule is CC/C=C\C/C=C\C/C=C\C/C=C\C/C=C\CCCC(=O)OC(COC(=O)CCCCCCCC)COC(=O)CCCCCCCCCCC/C=C\CCCCCCCC.